The SMILES string of the molecule is CCCc1nsc(NC2COCC2(C)C(=O)O)n1. The molecule has 6 nitrogen and oxygen atoms in total. The van der Waals surface area contributed by atoms with Gasteiger partial charge in [-0.25, -0.2) is 4.98 Å². The number of nitrogens with zero attached hydrogens (tertiary/aromatic N) is 2. The van der Waals surface area contributed by atoms with Gasteiger partial charge < -0.3 is 15.2 Å². The number of aromatic nitrogens is 2. The lowest BCUT2D eigenvalue weighted by atomic mass is 9.85. The average Bonchev–Trinajstić information content (AvgIpc) is 2.89. The summed E-state index contributed by atoms with van der Waals surface area (Å²) in [4.78, 5) is 15.6. The highest BCUT2D eigenvalue weighted by Crippen LogP contribution is 2.31. The van der Waals surface area contributed by atoms with Crippen molar-refractivity contribution in [3.63, 3.8) is 0 Å². The summed E-state index contributed by atoms with van der Waals surface area (Å²) in [7, 11) is 0. The van der Waals surface area contributed by atoms with Crippen molar-refractivity contribution in [2.24, 2.45) is 5.41 Å². The first-order valence-corrected chi connectivity index (χ1v) is 6.74. The third kappa shape index (κ3) is 2.46. The number of carboxylic acid groups (broad SMARTS) is 1. The standard InChI is InChI=1S/C11H17N3O3S/c1-3-4-8-13-10(18-14-8)12-7-5-17-6-11(7,2)9(15)16/h7H,3-6H2,1-2H3,(H,15,16)(H,12,13,14). The molecule has 100 valence electrons. The molecule has 1 saturated heterocycles. The number of hydrogen-bond donors (Lipinski definition) is 2. The minimum absolute atomic E-state index is 0.223. The van der Waals surface area contributed by atoms with Crippen LogP contribution < -0.4 is 5.32 Å². The molecule has 0 saturated carbocycles. The summed E-state index contributed by atoms with van der Waals surface area (Å²) in [6, 6.07) is -0.266. The summed E-state index contributed by atoms with van der Waals surface area (Å²) in [5, 5.41) is 13.1. The summed E-state index contributed by atoms with van der Waals surface area (Å²) >= 11 is 1.27. The van der Waals surface area contributed by atoms with Gasteiger partial charge in [0.1, 0.15) is 11.2 Å². The number of nitrogens with one attached hydrogen (secondary N) is 1. The van der Waals surface area contributed by atoms with Gasteiger partial charge in [-0.1, -0.05) is 6.92 Å². The Morgan fingerprint density at radius 2 is 2.50 bits per heavy atom. The summed E-state index contributed by atoms with van der Waals surface area (Å²) < 4.78 is 9.49. The molecule has 0 amide bonds. The molecule has 1 aliphatic rings. The first-order valence-electron chi connectivity index (χ1n) is 5.96. The molecule has 0 aromatic carbocycles. The van der Waals surface area contributed by atoms with Crippen LogP contribution in [0.4, 0.5) is 5.13 Å². The Morgan fingerprint density at radius 1 is 1.72 bits per heavy atom. The van der Waals surface area contributed by atoms with Crippen LogP contribution in [-0.2, 0) is 16.0 Å². The van der Waals surface area contributed by atoms with Gasteiger partial charge in [-0.2, -0.15) is 4.37 Å². The lowest BCUT2D eigenvalue weighted by molar-refractivity contribution is -0.148. The molecule has 2 heterocycles. The van der Waals surface area contributed by atoms with Gasteiger partial charge >= 0.3 is 5.97 Å². The maximum absolute atomic E-state index is 11.3. The van der Waals surface area contributed by atoms with Crippen molar-refractivity contribution >= 4 is 22.6 Å². The number of rotatable bonds is 5. The van der Waals surface area contributed by atoms with E-state index in [9.17, 15) is 9.90 Å². The van der Waals surface area contributed by atoms with Gasteiger partial charge in [0.05, 0.1) is 19.3 Å². The highest BCUT2D eigenvalue weighted by atomic mass is 32.1. The Bertz CT molecular complexity index is 437. The van der Waals surface area contributed by atoms with Gasteiger partial charge in [-0.3, -0.25) is 4.79 Å². The quantitative estimate of drug-likeness (QED) is 0.842. The average molecular weight is 271 g/mol. The summed E-state index contributed by atoms with van der Waals surface area (Å²) in [5.74, 6) is -0.0447. The number of anilines is 1. The number of carboxylic acids is 1. The molecule has 0 aliphatic carbocycles. The minimum Gasteiger partial charge on any atom is -0.481 e. The number of aryl methyl sites for hydroxylation is 1. The molecule has 7 heteroatoms. The molecule has 2 N–H and O–H groups in total. The van der Waals surface area contributed by atoms with Gasteiger partial charge in [0, 0.05) is 18.0 Å². The maximum atomic E-state index is 11.3. The third-order valence-electron chi connectivity index (χ3n) is 3.18. The van der Waals surface area contributed by atoms with E-state index in [4.69, 9.17) is 4.74 Å². The first kappa shape index (κ1) is 13.2. The van der Waals surface area contributed by atoms with Crippen LogP contribution in [0.2, 0.25) is 0 Å². The number of hydrogen-bond acceptors (Lipinski definition) is 6. The second kappa shape index (κ2) is 5.19. The third-order valence-corrected chi connectivity index (χ3v) is 3.87. The molecule has 1 aromatic heterocycles. The van der Waals surface area contributed by atoms with E-state index in [0.717, 1.165) is 18.7 Å². The number of aliphatic carboxylic acids is 1. The van der Waals surface area contributed by atoms with Gasteiger partial charge in [0.2, 0.25) is 5.13 Å². The van der Waals surface area contributed by atoms with Gasteiger partial charge in [0.15, 0.2) is 0 Å². The molecule has 1 aromatic rings. The molecule has 1 aliphatic heterocycles. The molecule has 0 spiro atoms. The summed E-state index contributed by atoms with van der Waals surface area (Å²) in [6.07, 6.45) is 1.84. The van der Waals surface area contributed by atoms with Crippen LogP contribution in [0, 0.1) is 5.41 Å². The molecule has 1 fully saturated rings. The van der Waals surface area contributed by atoms with E-state index in [-0.39, 0.29) is 12.6 Å². The zero-order valence-electron chi connectivity index (χ0n) is 10.5. The van der Waals surface area contributed by atoms with E-state index in [1.54, 1.807) is 6.92 Å². The van der Waals surface area contributed by atoms with Crippen molar-refractivity contribution in [1.82, 2.24) is 9.36 Å². The second-order valence-electron chi connectivity index (χ2n) is 4.70. The van der Waals surface area contributed by atoms with E-state index in [0.29, 0.717) is 11.7 Å². The molecular weight excluding hydrogens is 254 g/mol. The van der Waals surface area contributed by atoms with Crippen LogP contribution in [0.25, 0.3) is 0 Å². The number of ether oxygens (including phenoxy) is 1. The van der Waals surface area contributed by atoms with Crippen LogP contribution in [0.1, 0.15) is 26.1 Å². The Balaban J connectivity index is 2.06. The van der Waals surface area contributed by atoms with Gasteiger partial charge in [-0.15, -0.1) is 0 Å². The minimum atomic E-state index is -0.906. The Morgan fingerprint density at radius 3 is 3.17 bits per heavy atom. The number of carbonyl (C=O) groups is 1. The largest absolute Gasteiger partial charge is 0.481 e. The van der Waals surface area contributed by atoms with E-state index < -0.39 is 11.4 Å². The van der Waals surface area contributed by atoms with Crippen molar-refractivity contribution in [3.8, 4) is 0 Å². The molecule has 0 radical (unpaired) electrons. The van der Waals surface area contributed by atoms with Crippen LogP contribution in [0.5, 0.6) is 0 Å². The first-order chi connectivity index (χ1) is 8.56. The highest BCUT2D eigenvalue weighted by Gasteiger charge is 2.47. The Labute approximate surface area is 110 Å². The molecular formula is C11H17N3O3S. The molecule has 2 atom stereocenters. The van der Waals surface area contributed by atoms with Crippen LogP contribution in [0.15, 0.2) is 0 Å². The van der Waals surface area contributed by atoms with Crippen molar-refractivity contribution < 1.29 is 14.6 Å². The molecule has 2 rings (SSSR count). The van der Waals surface area contributed by atoms with Gasteiger partial charge in [0.25, 0.3) is 0 Å². The lowest BCUT2D eigenvalue weighted by Gasteiger charge is -2.24. The predicted molar refractivity (Wildman–Crippen MR) is 67.9 cm³/mol. The fraction of sp³-hybridized carbons (Fsp3) is 0.727. The van der Waals surface area contributed by atoms with Crippen LogP contribution >= 0.6 is 11.5 Å². The van der Waals surface area contributed by atoms with E-state index in [2.05, 4.69) is 21.6 Å². The molecule has 0 bridgehead atoms. The fourth-order valence-electron chi connectivity index (χ4n) is 1.87. The van der Waals surface area contributed by atoms with Crippen molar-refractivity contribution in [1.29, 1.82) is 0 Å². The predicted octanol–water partition coefficient (Wildman–Crippen LogP) is 1.39. The van der Waals surface area contributed by atoms with E-state index in [1.165, 1.54) is 11.5 Å². The Kier molecular flexibility index (Phi) is 3.82. The van der Waals surface area contributed by atoms with Crippen LogP contribution in [-0.4, -0.2) is 39.7 Å². The zero-order valence-corrected chi connectivity index (χ0v) is 11.3. The normalized spacial score (nSPS) is 27.3. The summed E-state index contributed by atoms with van der Waals surface area (Å²) in [5.41, 5.74) is -0.906. The highest BCUT2D eigenvalue weighted by molar-refractivity contribution is 7.09. The molecule has 18 heavy (non-hydrogen) atoms. The van der Waals surface area contributed by atoms with Crippen molar-refractivity contribution in [2.75, 3.05) is 18.5 Å². The summed E-state index contributed by atoms with van der Waals surface area (Å²) in [6.45, 7) is 4.36. The van der Waals surface area contributed by atoms with Crippen molar-refractivity contribution in [2.45, 2.75) is 32.7 Å². The second-order valence-corrected chi connectivity index (χ2v) is 5.45. The zero-order chi connectivity index (χ0) is 13.2. The lowest BCUT2D eigenvalue weighted by Crippen LogP contribution is -2.43. The monoisotopic (exact) mass is 271 g/mol. The smallest absolute Gasteiger partial charge is 0.313 e. The van der Waals surface area contributed by atoms with E-state index >= 15 is 0 Å². The van der Waals surface area contributed by atoms with Crippen LogP contribution in [0.3, 0.4) is 0 Å². The fourth-order valence-corrected chi connectivity index (χ4v) is 2.54. The van der Waals surface area contributed by atoms with Gasteiger partial charge in [-0.05, 0) is 13.3 Å². The Hall–Kier alpha value is -1.21. The van der Waals surface area contributed by atoms with Crippen molar-refractivity contribution in [3.05, 3.63) is 5.82 Å². The topological polar surface area (TPSA) is 84.3 Å². The molecule has 2 unspecified atom stereocenters. The maximum Gasteiger partial charge on any atom is 0.313 e. The van der Waals surface area contributed by atoms with E-state index in [1.807, 2.05) is 0 Å².